The Balaban J connectivity index is 2.59. The molecule has 5 heteroatoms. The molecule has 2 rings (SSSR count). The van der Waals surface area contributed by atoms with E-state index in [-0.39, 0.29) is 10.0 Å². The fraction of sp³-hybridized carbons (Fsp3) is 0.143. The number of ketones is 1. The van der Waals surface area contributed by atoms with E-state index in [0.29, 0.717) is 5.69 Å². The monoisotopic (exact) mass is 325 g/mol. The summed E-state index contributed by atoms with van der Waals surface area (Å²) in [5, 5.41) is 0. The Morgan fingerprint density at radius 3 is 2.47 bits per heavy atom. The highest BCUT2D eigenvalue weighted by Crippen LogP contribution is 2.24. The molecule has 0 saturated heterocycles. The highest BCUT2D eigenvalue weighted by atomic mass is 79.9. The molecule has 2 aromatic rings. The van der Waals surface area contributed by atoms with Gasteiger partial charge in [-0.15, -0.1) is 0 Å². The Morgan fingerprint density at radius 2 is 1.84 bits per heavy atom. The van der Waals surface area contributed by atoms with Gasteiger partial charge in [-0.05, 0) is 54.0 Å². The summed E-state index contributed by atoms with van der Waals surface area (Å²) in [5.41, 5.74) is 0.817. The highest BCUT2D eigenvalue weighted by molar-refractivity contribution is 9.10. The quantitative estimate of drug-likeness (QED) is 0.617. The summed E-state index contributed by atoms with van der Waals surface area (Å²) in [6.45, 7) is 3.41. The van der Waals surface area contributed by atoms with Crippen molar-refractivity contribution in [2.45, 2.75) is 13.8 Å². The van der Waals surface area contributed by atoms with Crippen LogP contribution in [0.3, 0.4) is 0 Å². The van der Waals surface area contributed by atoms with Crippen LogP contribution in [0.1, 0.15) is 27.3 Å². The van der Waals surface area contributed by atoms with E-state index < -0.39 is 23.0 Å². The van der Waals surface area contributed by atoms with E-state index in [4.69, 9.17) is 0 Å². The van der Waals surface area contributed by atoms with E-state index in [2.05, 4.69) is 20.9 Å². The third kappa shape index (κ3) is 2.56. The number of nitrogens with zero attached hydrogens (tertiary/aromatic N) is 1. The van der Waals surface area contributed by atoms with Crippen LogP contribution in [0, 0.1) is 25.5 Å². The van der Waals surface area contributed by atoms with Crippen LogP contribution in [0.15, 0.2) is 28.7 Å². The summed E-state index contributed by atoms with van der Waals surface area (Å²) in [6, 6.07) is 5.44. The Morgan fingerprint density at radius 1 is 1.16 bits per heavy atom. The van der Waals surface area contributed by atoms with Gasteiger partial charge in [-0.2, -0.15) is 0 Å². The fourth-order valence-corrected chi connectivity index (χ4v) is 2.13. The number of carbonyl (C=O) groups excluding carboxylic acids is 1. The zero-order chi connectivity index (χ0) is 14.2. The number of benzene rings is 1. The van der Waals surface area contributed by atoms with Gasteiger partial charge in [0.1, 0.15) is 5.82 Å². The Hall–Kier alpha value is -1.62. The van der Waals surface area contributed by atoms with Crippen LogP contribution in [-0.2, 0) is 0 Å². The minimum absolute atomic E-state index is 0.0509. The zero-order valence-corrected chi connectivity index (χ0v) is 11.9. The molecule has 0 radical (unpaired) electrons. The zero-order valence-electron chi connectivity index (χ0n) is 10.3. The predicted molar refractivity (Wildman–Crippen MR) is 71.2 cm³/mol. The first-order valence-corrected chi connectivity index (χ1v) is 6.33. The first-order valence-electron chi connectivity index (χ1n) is 5.54. The Labute approximate surface area is 117 Å². The minimum Gasteiger partial charge on any atom is -0.288 e. The number of aryl methyl sites for hydroxylation is 2. The van der Waals surface area contributed by atoms with Gasteiger partial charge in [-0.25, -0.2) is 8.78 Å². The molecule has 1 aromatic carbocycles. The number of hydrogen-bond donors (Lipinski definition) is 0. The maximum atomic E-state index is 13.9. The molecule has 0 N–H and O–H groups in total. The summed E-state index contributed by atoms with van der Waals surface area (Å²) in [6.07, 6.45) is 0. The molecule has 0 spiro atoms. The van der Waals surface area contributed by atoms with Gasteiger partial charge in [0.05, 0.1) is 10.0 Å². The molecule has 0 atom stereocenters. The molecule has 0 aliphatic carbocycles. The first kappa shape index (κ1) is 13.8. The van der Waals surface area contributed by atoms with Crippen LogP contribution >= 0.6 is 15.9 Å². The second-order valence-corrected chi connectivity index (χ2v) is 4.99. The van der Waals surface area contributed by atoms with Crippen LogP contribution in [0.5, 0.6) is 0 Å². The van der Waals surface area contributed by atoms with Crippen LogP contribution < -0.4 is 0 Å². The third-order valence-corrected chi connectivity index (χ3v) is 3.35. The molecule has 98 valence electrons. The maximum Gasteiger partial charge on any atom is 0.200 e. The molecular formula is C14H10BrF2NO. The molecule has 1 aromatic heterocycles. The van der Waals surface area contributed by atoms with Gasteiger partial charge in [0.25, 0.3) is 0 Å². The lowest BCUT2D eigenvalue weighted by Crippen LogP contribution is -2.10. The number of carbonyl (C=O) groups is 1. The number of aromatic nitrogens is 1. The van der Waals surface area contributed by atoms with E-state index in [1.807, 2.05) is 0 Å². The van der Waals surface area contributed by atoms with Gasteiger partial charge < -0.3 is 0 Å². The van der Waals surface area contributed by atoms with Gasteiger partial charge >= 0.3 is 0 Å². The third-order valence-electron chi connectivity index (χ3n) is 2.74. The Bertz CT molecular complexity index is 671. The Kier molecular flexibility index (Phi) is 3.75. The SMILES string of the molecule is Cc1ccc(C(=O)c2c(F)ccc(Br)c2F)c(C)n1. The normalized spacial score (nSPS) is 10.6. The van der Waals surface area contributed by atoms with Crippen LogP contribution in [-0.4, -0.2) is 10.8 Å². The van der Waals surface area contributed by atoms with Gasteiger partial charge in [-0.1, -0.05) is 0 Å². The number of halogens is 3. The smallest absolute Gasteiger partial charge is 0.200 e. The predicted octanol–water partition coefficient (Wildman–Crippen LogP) is 3.97. The van der Waals surface area contributed by atoms with Crippen molar-refractivity contribution < 1.29 is 13.6 Å². The first-order chi connectivity index (χ1) is 8.91. The summed E-state index contributed by atoms with van der Waals surface area (Å²) in [4.78, 5) is 16.4. The van der Waals surface area contributed by atoms with E-state index in [1.165, 1.54) is 12.1 Å². The summed E-state index contributed by atoms with van der Waals surface area (Å²) < 4.78 is 27.6. The lowest BCUT2D eigenvalue weighted by atomic mass is 10.0. The molecule has 0 fully saturated rings. The van der Waals surface area contributed by atoms with E-state index in [1.54, 1.807) is 19.9 Å². The molecule has 0 bridgehead atoms. The molecule has 1 heterocycles. The lowest BCUT2D eigenvalue weighted by Gasteiger charge is -2.08. The average Bonchev–Trinajstić information content (AvgIpc) is 2.34. The van der Waals surface area contributed by atoms with Crippen LogP contribution in [0.4, 0.5) is 8.78 Å². The molecule has 0 aliphatic heterocycles. The van der Waals surface area contributed by atoms with Crippen molar-refractivity contribution in [2.75, 3.05) is 0 Å². The summed E-state index contributed by atoms with van der Waals surface area (Å²) in [5.74, 6) is -2.49. The molecule has 0 saturated carbocycles. The number of hydrogen-bond acceptors (Lipinski definition) is 2. The van der Waals surface area contributed by atoms with Crippen molar-refractivity contribution in [3.63, 3.8) is 0 Å². The van der Waals surface area contributed by atoms with E-state index >= 15 is 0 Å². The van der Waals surface area contributed by atoms with Gasteiger partial charge in [0, 0.05) is 17.0 Å². The van der Waals surface area contributed by atoms with E-state index in [9.17, 15) is 13.6 Å². The van der Waals surface area contributed by atoms with E-state index in [0.717, 1.165) is 11.8 Å². The largest absolute Gasteiger partial charge is 0.288 e. The molecule has 19 heavy (non-hydrogen) atoms. The van der Waals surface area contributed by atoms with Crippen LogP contribution in [0.2, 0.25) is 0 Å². The van der Waals surface area contributed by atoms with Crippen molar-refractivity contribution >= 4 is 21.7 Å². The molecule has 0 amide bonds. The average molecular weight is 326 g/mol. The lowest BCUT2D eigenvalue weighted by molar-refractivity contribution is 0.103. The fourth-order valence-electron chi connectivity index (χ4n) is 1.80. The second-order valence-electron chi connectivity index (χ2n) is 4.13. The summed E-state index contributed by atoms with van der Waals surface area (Å²) in [7, 11) is 0. The van der Waals surface area contributed by atoms with Crippen molar-refractivity contribution in [2.24, 2.45) is 0 Å². The molecule has 2 nitrogen and oxygen atoms in total. The maximum absolute atomic E-state index is 13.9. The molecule has 0 aliphatic rings. The number of rotatable bonds is 2. The van der Waals surface area contributed by atoms with Gasteiger partial charge in [-0.3, -0.25) is 9.78 Å². The second kappa shape index (κ2) is 5.17. The minimum atomic E-state index is -0.898. The topological polar surface area (TPSA) is 30.0 Å². The standard InChI is InChI=1S/C14H10BrF2NO/c1-7-3-4-9(8(2)18-7)14(19)12-11(16)6-5-10(15)13(12)17/h3-6H,1-2H3. The highest BCUT2D eigenvalue weighted by Gasteiger charge is 2.22. The van der Waals surface area contributed by atoms with Crippen molar-refractivity contribution in [1.82, 2.24) is 4.98 Å². The van der Waals surface area contributed by atoms with Crippen molar-refractivity contribution in [3.8, 4) is 0 Å². The molecule has 0 unspecified atom stereocenters. The van der Waals surface area contributed by atoms with Crippen LogP contribution in [0.25, 0.3) is 0 Å². The van der Waals surface area contributed by atoms with Crippen molar-refractivity contribution in [3.05, 3.63) is 62.9 Å². The van der Waals surface area contributed by atoms with Gasteiger partial charge in [0.15, 0.2) is 5.82 Å². The molecular weight excluding hydrogens is 316 g/mol. The van der Waals surface area contributed by atoms with Gasteiger partial charge in [0.2, 0.25) is 5.78 Å². The van der Waals surface area contributed by atoms with Crippen molar-refractivity contribution in [1.29, 1.82) is 0 Å². The summed E-state index contributed by atoms with van der Waals surface area (Å²) >= 11 is 2.94. The number of pyridine rings is 1.